The van der Waals surface area contributed by atoms with Gasteiger partial charge in [0.25, 0.3) is 0 Å². The first-order chi connectivity index (χ1) is 13.7. The summed E-state index contributed by atoms with van der Waals surface area (Å²) < 4.78 is 43.7. The number of urea groups is 1. The van der Waals surface area contributed by atoms with Gasteiger partial charge in [0.1, 0.15) is 5.75 Å². The van der Waals surface area contributed by atoms with Crippen LogP contribution in [0.15, 0.2) is 46.9 Å². The van der Waals surface area contributed by atoms with Crippen LogP contribution in [-0.4, -0.2) is 18.8 Å². The smallest absolute Gasteiger partial charge is 0.392 e. The molecule has 0 atom stereocenters. The Kier molecular flexibility index (Phi) is 8.13. The molecule has 0 aromatic heterocycles. The van der Waals surface area contributed by atoms with Gasteiger partial charge >= 0.3 is 12.2 Å². The van der Waals surface area contributed by atoms with Gasteiger partial charge in [0, 0.05) is 15.7 Å². The summed E-state index contributed by atoms with van der Waals surface area (Å²) >= 11 is 3.33. The third-order valence-corrected chi connectivity index (χ3v) is 4.20. The highest BCUT2D eigenvalue weighted by Gasteiger charge is 2.24. The zero-order valence-electron chi connectivity index (χ0n) is 16.1. The molecule has 2 aromatic rings. The van der Waals surface area contributed by atoms with Crippen LogP contribution in [0.3, 0.4) is 0 Å². The summed E-state index contributed by atoms with van der Waals surface area (Å²) in [5, 5.41) is 5.42. The van der Waals surface area contributed by atoms with Crippen molar-refractivity contribution in [1.29, 1.82) is 0 Å². The summed E-state index contributed by atoms with van der Waals surface area (Å²) in [4.78, 5) is 12.4. The Labute approximate surface area is 176 Å². The van der Waals surface area contributed by atoms with Gasteiger partial charge in [0.15, 0.2) is 0 Å². The number of aryl methyl sites for hydroxylation is 1. The van der Waals surface area contributed by atoms with E-state index in [0.29, 0.717) is 40.2 Å². The van der Waals surface area contributed by atoms with Crippen molar-refractivity contribution >= 4 is 39.4 Å². The highest BCUT2D eigenvalue weighted by molar-refractivity contribution is 9.10. The van der Waals surface area contributed by atoms with Crippen molar-refractivity contribution in [2.45, 2.75) is 32.9 Å². The van der Waals surface area contributed by atoms with E-state index in [1.54, 1.807) is 24.3 Å². The van der Waals surface area contributed by atoms with E-state index in [2.05, 4.69) is 26.6 Å². The van der Waals surface area contributed by atoms with Gasteiger partial charge in [-0.3, -0.25) is 0 Å². The van der Waals surface area contributed by atoms with Crippen molar-refractivity contribution in [2.75, 3.05) is 17.2 Å². The second kappa shape index (κ2) is 10.3. The Hall–Kier alpha value is -2.48. The summed E-state index contributed by atoms with van der Waals surface area (Å²) in [7, 11) is 0. The molecule has 2 N–H and O–H groups in total. The standard InChI is InChI=1S/C21H22BrF3N2O2/c1-3-11-29-19-15(5-4-10-21(23,24)25)12-16(22)13-18(19)27-20(28)26-17-8-6-14(2)7-9-17/h4-9,12-13H,3,10-11H2,1-2H3,(H2,26,27,28)/b5-4+. The minimum atomic E-state index is -4.29. The van der Waals surface area contributed by atoms with Crippen LogP contribution in [0, 0.1) is 6.92 Å². The molecular formula is C21H22BrF3N2O2. The van der Waals surface area contributed by atoms with E-state index in [1.807, 2.05) is 26.0 Å². The highest BCUT2D eigenvalue weighted by atomic mass is 79.9. The molecule has 2 amide bonds. The number of rotatable bonds is 7. The molecule has 2 aromatic carbocycles. The van der Waals surface area contributed by atoms with Crippen molar-refractivity contribution in [3.8, 4) is 5.75 Å². The normalized spacial score (nSPS) is 11.5. The van der Waals surface area contributed by atoms with Crippen molar-refractivity contribution < 1.29 is 22.7 Å². The number of carbonyl (C=O) groups excluding carboxylic acids is 1. The average Bonchev–Trinajstić information content (AvgIpc) is 2.62. The second-order valence-corrected chi connectivity index (χ2v) is 7.30. The van der Waals surface area contributed by atoms with Crippen LogP contribution >= 0.6 is 15.9 Å². The number of carbonyl (C=O) groups is 1. The molecule has 4 nitrogen and oxygen atoms in total. The number of hydrogen-bond acceptors (Lipinski definition) is 2. The summed E-state index contributed by atoms with van der Waals surface area (Å²) in [5.74, 6) is 0.313. The molecule has 8 heteroatoms. The van der Waals surface area contributed by atoms with Crippen molar-refractivity contribution in [3.63, 3.8) is 0 Å². The van der Waals surface area contributed by atoms with Crippen LogP contribution in [0.5, 0.6) is 5.75 Å². The van der Waals surface area contributed by atoms with E-state index >= 15 is 0 Å². The van der Waals surface area contributed by atoms with E-state index in [9.17, 15) is 18.0 Å². The Bertz CT molecular complexity index is 865. The predicted octanol–water partition coefficient (Wildman–Crippen LogP) is 7.16. The summed E-state index contributed by atoms with van der Waals surface area (Å²) in [6, 6.07) is 10.1. The van der Waals surface area contributed by atoms with Crippen LogP contribution < -0.4 is 15.4 Å². The van der Waals surface area contributed by atoms with Crippen molar-refractivity contribution in [1.82, 2.24) is 0 Å². The first-order valence-electron chi connectivity index (χ1n) is 9.02. The minimum Gasteiger partial charge on any atom is -0.491 e. The van der Waals surface area contributed by atoms with Gasteiger partial charge in [0.2, 0.25) is 0 Å². The van der Waals surface area contributed by atoms with Gasteiger partial charge in [-0.05, 0) is 37.6 Å². The maximum absolute atomic E-state index is 12.5. The molecule has 0 aliphatic carbocycles. The Morgan fingerprint density at radius 2 is 1.86 bits per heavy atom. The highest BCUT2D eigenvalue weighted by Crippen LogP contribution is 2.35. The SMILES string of the molecule is CCCOc1c(/C=C/CC(F)(F)F)cc(Br)cc1NC(=O)Nc1ccc(C)cc1. The maximum Gasteiger partial charge on any atom is 0.392 e. The number of hydrogen-bond donors (Lipinski definition) is 2. The quantitative estimate of drug-likeness (QED) is 0.451. The fourth-order valence-corrected chi connectivity index (χ4v) is 2.91. The van der Waals surface area contributed by atoms with Crippen LogP contribution in [0.25, 0.3) is 6.08 Å². The Morgan fingerprint density at radius 3 is 2.48 bits per heavy atom. The molecule has 0 unspecified atom stereocenters. The van der Waals surface area contributed by atoms with Crippen LogP contribution in [0.4, 0.5) is 29.3 Å². The largest absolute Gasteiger partial charge is 0.491 e. The van der Waals surface area contributed by atoms with E-state index < -0.39 is 18.6 Å². The van der Waals surface area contributed by atoms with E-state index in [1.165, 1.54) is 6.08 Å². The fraction of sp³-hybridized carbons (Fsp3) is 0.286. The van der Waals surface area contributed by atoms with Crippen LogP contribution in [0.2, 0.25) is 0 Å². The molecule has 2 rings (SSSR count). The monoisotopic (exact) mass is 470 g/mol. The van der Waals surface area contributed by atoms with Gasteiger partial charge in [0.05, 0.1) is 18.7 Å². The summed E-state index contributed by atoms with van der Waals surface area (Å²) in [6.45, 7) is 4.21. The van der Waals surface area contributed by atoms with Crippen molar-refractivity contribution in [2.24, 2.45) is 0 Å². The number of anilines is 2. The lowest BCUT2D eigenvalue weighted by Crippen LogP contribution is -2.20. The number of nitrogens with one attached hydrogen (secondary N) is 2. The number of benzene rings is 2. The van der Waals surface area contributed by atoms with Gasteiger partial charge in [-0.2, -0.15) is 13.2 Å². The first-order valence-corrected chi connectivity index (χ1v) is 9.81. The third kappa shape index (κ3) is 7.81. The third-order valence-electron chi connectivity index (χ3n) is 3.74. The molecule has 0 heterocycles. The van der Waals surface area contributed by atoms with Crippen LogP contribution in [0.1, 0.15) is 30.9 Å². The van der Waals surface area contributed by atoms with E-state index in [0.717, 1.165) is 11.6 Å². The molecular weight excluding hydrogens is 449 g/mol. The Balaban J connectivity index is 2.26. The summed E-state index contributed by atoms with van der Waals surface area (Å²) in [5.41, 5.74) is 2.46. The maximum atomic E-state index is 12.5. The average molecular weight is 471 g/mol. The molecule has 0 bridgehead atoms. The number of alkyl halides is 3. The molecule has 156 valence electrons. The molecule has 0 saturated heterocycles. The molecule has 0 fully saturated rings. The fourth-order valence-electron chi connectivity index (χ4n) is 2.44. The zero-order valence-corrected chi connectivity index (χ0v) is 17.7. The van der Waals surface area contributed by atoms with Gasteiger partial charge in [-0.25, -0.2) is 4.79 Å². The minimum absolute atomic E-state index is 0.313. The number of ether oxygens (including phenoxy) is 1. The van der Waals surface area contributed by atoms with E-state index in [4.69, 9.17) is 4.74 Å². The summed E-state index contributed by atoms with van der Waals surface area (Å²) in [6.07, 6.45) is -2.27. The predicted molar refractivity (Wildman–Crippen MR) is 113 cm³/mol. The number of amides is 2. The lowest BCUT2D eigenvalue weighted by Gasteiger charge is -2.16. The van der Waals surface area contributed by atoms with Gasteiger partial charge < -0.3 is 15.4 Å². The van der Waals surface area contributed by atoms with Gasteiger partial charge in [-0.1, -0.05) is 52.7 Å². The lowest BCUT2D eigenvalue weighted by atomic mass is 10.1. The molecule has 0 radical (unpaired) electrons. The number of allylic oxidation sites excluding steroid dienone is 1. The first kappa shape index (κ1) is 22.8. The zero-order chi connectivity index (χ0) is 21.4. The van der Waals surface area contributed by atoms with Gasteiger partial charge in [-0.15, -0.1) is 0 Å². The van der Waals surface area contributed by atoms with Crippen LogP contribution in [-0.2, 0) is 0 Å². The molecule has 0 aliphatic heterocycles. The second-order valence-electron chi connectivity index (χ2n) is 6.39. The number of halogens is 4. The molecule has 0 saturated carbocycles. The van der Waals surface area contributed by atoms with E-state index in [-0.39, 0.29) is 0 Å². The lowest BCUT2D eigenvalue weighted by molar-refractivity contribution is -0.124. The van der Waals surface area contributed by atoms with Crippen molar-refractivity contribution in [3.05, 3.63) is 58.1 Å². The topological polar surface area (TPSA) is 50.4 Å². The molecule has 29 heavy (non-hydrogen) atoms. The molecule has 0 spiro atoms. The molecule has 0 aliphatic rings. The Morgan fingerprint density at radius 1 is 1.17 bits per heavy atom.